The van der Waals surface area contributed by atoms with Gasteiger partial charge in [0.2, 0.25) is 5.56 Å². The van der Waals surface area contributed by atoms with Crippen molar-refractivity contribution in [1.29, 1.82) is 0 Å². The summed E-state index contributed by atoms with van der Waals surface area (Å²) in [4.78, 5) is 52.8. The Labute approximate surface area is 213 Å². The van der Waals surface area contributed by atoms with Crippen molar-refractivity contribution in [2.45, 2.75) is 26.0 Å². The highest BCUT2D eigenvalue weighted by Gasteiger charge is 2.25. The number of hydrogen-bond donors (Lipinski definition) is 2. The van der Waals surface area contributed by atoms with E-state index in [1.54, 1.807) is 48.5 Å². The lowest BCUT2D eigenvalue weighted by Gasteiger charge is -2.19. The quantitative estimate of drug-likeness (QED) is 0.358. The number of nitrogens with one attached hydrogen (secondary N) is 2. The van der Waals surface area contributed by atoms with Crippen molar-refractivity contribution in [2.75, 3.05) is 7.11 Å². The summed E-state index contributed by atoms with van der Waals surface area (Å²) in [5.41, 5.74) is 3.36. The normalized spacial score (nSPS) is 11.5. The van der Waals surface area contributed by atoms with Gasteiger partial charge in [-0.1, -0.05) is 48.0 Å². The molecule has 0 bridgehead atoms. The van der Waals surface area contributed by atoms with Gasteiger partial charge in [-0.15, -0.1) is 0 Å². The second-order valence-corrected chi connectivity index (χ2v) is 8.60. The summed E-state index contributed by atoms with van der Waals surface area (Å²) in [6.45, 7) is 1.85. The molecule has 2 N–H and O–H groups in total. The van der Waals surface area contributed by atoms with E-state index in [0.29, 0.717) is 27.8 Å². The Balaban J connectivity index is 1.56. The van der Waals surface area contributed by atoms with Gasteiger partial charge in [0.25, 0.3) is 5.91 Å². The van der Waals surface area contributed by atoms with Gasteiger partial charge in [0.05, 0.1) is 12.7 Å². The van der Waals surface area contributed by atoms with Crippen LogP contribution in [0.4, 0.5) is 0 Å². The van der Waals surface area contributed by atoms with Gasteiger partial charge in [-0.05, 0) is 48.4 Å². The molecule has 4 rings (SSSR count). The molecule has 4 aromatic rings. The Morgan fingerprint density at radius 2 is 1.59 bits per heavy atom. The SMILES string of the molecule is COC(=O)c1ccc(COC(=O)C(Cc2cc(=O)[nH]c3ccccc23)NC(=O)c2ccc(C)cc2)cc1. The molecule has 37 heavy (non-hydrogen) atoms. The molecule has 0 spiro atoms. The summed E-state index contributed by atoms with van der Waals surface area (Å²) < 4.78 is 10.2. The maximum atomic E-state index is 13.2. The van der Waals surface area contributed by atoms with E-state index < -0.39 is 23.9 Å². The lowest BCUT2D eigenvalue weighted by atomic mass is 10.0. The smallest absolute Gasteiger partial charge is 0.337 e. The molecule has 0 aliphatic rings. The Kier molecular flexibility index (Phi) is 7.78. The van der Waals surface area contributed by atoms with Gasteiger partial charge in [0.1, 0.15) is 12.6 Å². The van der Waals surface area contributed by atoms with Crippen LogP contribution in [0.5, 0.6) is 0 Å². The molecule has 1 heterocycles. The largest absolute Gasteiger partial charge is 0.465 e. The van der Waals surface area contributed by atoms with Crippen molar-refractivity contribution >= 4 is 28.7 Å². The molecular weight excluding hydrogens is 472 g/mol. The first kappa shape index (κ1) is 25.4. The summed E-state index contributed by atoms with van der Waals surface area (Å²) >= 11 is 0. The van der Waals surface area contributed by atoms with Gasteiger partial charge in [0.15, 0.2) is 0 Å². The molecule has 188 valence electrons. The second kappa shape index (κ2) is 11.3. The second-order valence-electron chi connectivity index (χ2n) is 8.60. The number of carbonyl (C=O) groups is 3. The summed E-state index contributed by atoms with van der Waals surface area (Å²) in [6, 6.07) is 21.1. The van der Waals surface area contributed by atoms with Crippen LogP contribution in [-0.4, -0.2) is 36.0 Å². The first-order valence-electron chi connectivity index (χ1n) is 11.7. The minimum Gasteiger partial charge on any atom is -0.465 e. The molecule has 0 fully saturated rings. The Morgan fingerprint density at radius 1 is 0.919 bits per heavy atom. The first-order chi connectivity index (χ1) is 17.8. The lowest BCUT2D eigenvalue weighted by Crippen LogP contribution is -2.43. The Hall–Kier alpha value is -4.72. The van der Waals surface area contributed by atoms with Crippen molar-refractivity contribution < 1.29 is 23.9 Å². The molecular formula is C29H26N2O6. The number of methoxy groups -OCH3 is 1. The predicted octanol–water partition coefficient (Wildman–Crippen LogP) is 3.71. The van der Waals surface area contributed by atoms with Crippen LogP contribution in [0.2, 0.25) is 0 Å². The number of carbonyl (C=O) groups excluding carboxylic acids is 3. The van der Waals surface area contributed by atoms with E-state index in [1.165, 1.54) is 13.2 Å². The van der Waals surface area contributed by atoms with Crippen LogP contribution in [0.3, 0.4) is 0 Å². The number of fused-ring (bicyclic) bond motifs is 1. The fraction of sp³-hybridized carbons (Fsp3) is 0.172. The number of aromatic amines is 1. The molecule has 0 radical (unpaired) electrons. The monoisotopic (exact) mass is 498 g/mol. The minimum atomic E-state index is -1.05. The van der Waals surface area contributed by atoms with Crippen LogP contribution < -0.4 is 10.9 Å². The van der Waals surface area contributed by atoms with Crippen molar-refractivity contribution in [2.24, 2.45) is 0 Å². The number of rotatable bonds is 8. The Morgan fingerprint density at radius 3 is 2.30 bits per heavy atom. The van der Waals surface area contributed by atoms with Crippen LogP contribution in [-0.2, 0) is 27.3 Å². The van der Waals surface area contributed by atoms with E-state index >= 15 is 0 Å². The lowest BCUT2D eigenvalue weighted by molar-refractivity contribution is -0.147. The molecule has 0 aliphatic carbocycles. The molecule has 1 atom stereocenters. The summed E-state index contributed by atoms with van der Waals surface area (Å²) in [5.74, 6) is -1.55. The van der Waals surface area contributed by atoms with Crippen molar-refractivity contribution in [3.8, 4) is 0 Å². The fourth-order valence-electron chi connectivity index (χ4n) is 3.92. The predicted molar refractivity (Wildman–Crippen MR) is 138 cm³/mol. The number of aryl methyl sites for hydroxylation is 1. The van der Waals surface area contributed by atoms with Crippen LogP contribution in [0.25, 0.3) is 10.9 Å². The van der Waals surface area contributed by atoms with E-state index in [2.05, 4.69) is 10.3 Å². The van der Waals surface area contributed by atoms with Crippen LogP contribution in [0.15, 0.2) is 83.7 Å². The molecule has 0 saturated heterocycles. The highest BCUT2D eigenvalue weighted by Crippen LogP contribution is 2.17. The number of benzene rings is 3. The molecule has 8 nitrogen and oxygen atoms in total. The molecule has 0 aliphatic heterocycles. The molecule has 8 heteroatoms. The number of amides is 1. The number of aromatic nitrogens is 1. The van der Waals surface area contributed by atoms with Gasteiger partial charge in [-0.3, -0.25) is 9.59 Å². The third kappa shape index (κ3) is 6.29. The molecule has 1 aromatic heterocycles. The average Bonchev–Trinajstić information content (AvgIpc) is 2.91. The summed E-state index contributed by atoms with van der Waals surface area (Å²) in [6.07, 6.45) is 0.0577. The standard InChI is InChI=1S/C29H26N2O6/c1-18-7-11-20(12-8-18)27(33)31-25(15-22-16-26(32)30-24-6-4-3-5-23(22)24)29(35)37-17-19-9-13-21(14-10-19)28(34)36-2/h3-14,16,25H,15,17H2,1-2H3,(H,30,32)(H,31,33). The average molecular weight is 499 g/mol. The van der Waals surface area contributed by atoms with Gasteiger partial charge >= 0.3 is 11.9 Å². The van der Waals surface area contributed by atoms with Crippen molar-refractivity contribution in [3.05, 3.63) is 117 Å². The van der Waals surface area contributed by atoms with Gasteiger partial charge < -0.3 is 19.8 Å². The molecule has 0 saturated carbocycles. The third-order valence-electron chi connectivity index (χ3n) is 5.92. The number of H-pyrrole nitrogens is 1. The van der Waals surface area contributed by atoms with E-state index in [9.17, 15) is 19.2 Å². The number of ether oxygens (including phenoxy) is 2. The number of pyridine rings is 1. The van der Waals surface area contributed by atoms with E-state index in [-0.39, 0.29) is 18.6 Å². The summed E-state index contributed by atoms with van der Waals surface area (Å²) in [5, 5.41) is 3.53. The Bertz CT molecular complexity index is 1490. The van der Waals surface area contributed by atoms with Gasteiger partial charge in [-0.2, -0.15) is 0 Å². The zero-order chi connectivity index (χ0) is 26.4. The third-order valence-corrected chi connectivity index (χ3v) is 5.92. The zero-order valence-corrected chi connectivity index (χ0v) is 20.4. The fourth-order valence-corrected chi connectivity index (χ4v) is 3.92. The molecule has 1 amide bonds. The van der Waals surface area contributed by atoms with Crippen LogP contribution >= 0.6 is 0 Å². The maximum Gasteiger partial charge on any atom is 0.337 e. The maximum absolute atomic E-state index is 13.2. The number of hydrogen-bond acceptors (Lipinski definition) is 6. The first-order valence-corrected chi connectivity index (χ1v) is 11.7. The van der Waals surface area contributed by atoms with E-state index in [4.69, 9.17) is 9.47 Å². The minimum absolute atomic E-state index is 0.0577. The van der Waals surface area contributed by atoms with Crippen LogP contribution in [0, 0.1) is 6.92 Å². The van der Waals surface area contributed by atoms with Gasteiger partial charge in [0, 0.05) is 29.0 Å². The van der Waals surface area contributed by atoms with Crippen molar-refractivity contribution in [3.63, 3.8) is 0 Å². The topological polar surface area (TPSA) is 115 Å². The van der Waals surface area contributed by atoms with Crippen LogP contribution in [0.1, 0.15) is 37.4 Å². The number of esters is 2. The van der Waals surface area contributed by atoms with Crippen molar-refractivity contribution in [1.82, 2.24) is 10.3 Å². The van der Waals surface area contributed by atoms with Gasteiger partial charge in [-0.25, -0.2) is 9.59 Å². The molecule has 3 aromatic carbocycles. The number of para-hydroxylation sites is 1. The zero-order valence-electron chi connectivity index (χ0n) is 20.4. The highest BCUT2D eigenvalue weighted by molar-refractivity contribution is 5.97. The molecule has 1 unspecified atom stereocenters. The summed E-state index contributed by atoms with van der Waals surface area (Å²) in [7, 11) is 1.30. The highest BCUT2D eigenvalue weighted by atomic mass is 16.5. The van der Waals surface area contributed by atoms with E-state index in [0.717, 1.165) is 10.9 Å². The van der Waals surface area contributed by atoms with E-state index in [1.807, 2.05) is 31.2 Å².